The van der Waals surface area contributed by atoms with Crippen molar-refractivity contribution < 1.29 is 4.74 Å². The molecule has 1 N–H and O–H groups in total. The Morgan fingerprint density at radius 3 is 2.79 bits per heavy atom. The van der Waals surface area contributed by atoms with Gasteiger partial charge in [-0.2, -0.15) is 5.10 Å². The van der Waals surface area contributed by atoms with Crippen LogP contribution in [0.2, 0.25) is 5.02 Å². The number of rotatable bonds is 3. The molecule has 29 heavy (non-hydrogen) atoms. The highest BCUT2D eigenvalue weighted by molar-refractivity contribution is 6.30. The highest BCUT2D eigenvalue weighted by Crippen LogP contribution is 2.39. The summed E-state index contributed by atoms with van der Waals surface area (Å²) in [7, 11) is 1.67. The zero-order valence-electron chi connectivity index (χ0n) is 16.3. The zero-order valence-corrected chi connectivity index (χ0v) is 17.0. The molecule has 0 spiro atoms. The Labute approximate surface area is 175 Å². The van der Waals surface area contributed by atoms with Gasteiger partial charge in [0.15, 0.2) is 0 Å². The summed E-state index contributed by atoms with van der Waals surface area (Å²) in [6, 6.07) is 20.5. The molecule has 2 heterocycles. The summed E-state index contributed by atoms with van der Waals surface area (Å²) in [5.74, 6) is 1.78. The third kappa shape index (κ3) is 3.14. The summed E-state index contributed by atoms with van der Waals surface area (Å²) in [6.45, 7) is 0.927. The van der Waals surface area contributed by atoms with Crippen molar-refractivity contribution in [1.82, 2.24) is 9.78 Å². The van der Waals surface area contributed by atoms with E-state index in [4.69, 9.17) is 21.4 Å². The first kappa shape index (κ1) is 18.1. The number of benzene rings is 3. The molecule has 5 heteroatoms. The van der Waals surface area contributed by atoms with Gasteiger partial charge in [0.1, 0.15) is 17.3 Å². The molecule has 4 nitrogen and oxygen atoms in total. The number of fused-ring (bicyclic) bond motifs is 2. The normalized spacial score (nSPS) is 13.6. The predicted molar refractivity (Wildman–Crippen MR) is 119 cm³/mol. The molecule has 1 aromatic heterocycles. The van der Waals surface area contributed by atoms with Crippen molar-refractivity contribution in [2.45, 2.75) is 19.3 Å². The topological polar surface area (TPSA) is 39.1 Å². The van der Waals surface area contributed by atoms with Gasteiger partial charge in [-0.15, -0.1) is 0 Å². The first-order valence-electron chi connectivity index (χ1n) is 9.94. The van der Waals surface area contributed by atoms with Crippen molar-refractivity contribution in [2.24, 2.45) is 0 Å². The smallest absolute Gasteiger partial charge is 0.144 e. The van der Waals surface area contributed by atoms with Crippen molar-refractivity contribution in [3.8, 4) is 22.7 Å². The minimum atomic E-state index is 0.658. The molecular weight excluding hydrogens is 382 g/mol. The van der Waals surface area contributed by atoms with Gasteiger partial charge in [-0.3, -0.25) is 0 Å². The van der Waals surface area contributed by atoms with Crippen molar-refractivity contribution in [3.63, 3.8) is 0 Å². The molecule has 3 aromatic carbocycles. The third-order valence-electron chi connectivity index (χ3n) is 5.54. The summed E-state index contributed by atoms with van der Waals surface area (Å²) in [6.07, 6.45) is 3.26. The summed E-state index contributed by atoms with van der Waals surface area (Å²) in [4.78, 5) is 0. The lowest BCUT2D eigenvalue weighted by Crippen LogP contribution is -2.08. The number of halogens is 1. The van der Waals surface area contributed by atoms with Crippen molar-refractivity contribution in [2.75, 3.05) is 19.0 Å². The van der Waals surface area contributed by atoms with Crippen LogP contribution in [-0.2, 0) is 6.42 Å². The molecule has 4 aromatic rings. The Morgan fingerprint density at radius 2 is 1.90 bits per heavy atom. The van der Waals surface area contributed by atoms with Gasteiger partial charge in [0, 0.05) is 22.7 Å². The molecule has 0 aliphatic carbocycles. The van der Waals surface area contributed by atoms with Crippen LogP contribution < -0.4 is 10.1 Å². The summed E-state index contributed by atoms with van der Waals surface area (Å²) < 4.78 is 7.58. The van der Waals surface area contributed by atoms with E-state index < -0.39 is 0 Å². The summed E-state index contributed by atoms with van der Waals surface area (Å²) >= 11 is 6.32. The molecular formula is C24H22ClN3O. The van der Waals surface area contributed by atoms with E-state index in [0.717, 1.165) is 54.3 Å². The van der Waals surface area contributed by atoms with E-state index in [-0.39, 0.29) is 0 Å². The minimum Gasteiger partial charge on any atom is -0.494 e. The van der Waals surface area contributed by atoms with E-state index in [1.807, 2.05) is 22.9 Å². The maximum Gasteiger partial charge on any atom is 0.144 e. The van der Waals surface area contributed by atoms with Crippen molar-refractivity contribution in [1.29, 1.82) is 0 Å². The molecule has 0 atom stereocenters. The molecule has 5 rings (SSSR count). The van der Waals surface area contributed by atoms with Gasteiger partial charge < -0.3 is 10.1 Å². The number of hydrogen-bond donors (Lipinski definition) is 1. The lowest BCUT2D eigenvalue weighted by atomic mass is 9.98. The van der Waals surface area contributed by atoms with Gasteiger partial charge in [0.25, 0.3) is 0 Å². The molecule has 1 aliphatic heterocycles. The summed E-state index contributed by atoms with van der Waals surface area (Å²) in [5.41, 5.74) is 4.27. The van der Waals surface area contributed by atoms with Gasteiger partial charge >= 0.3 is 0 Å². The van der Waals surface area contributed by atoms with Crippen LogP contribution in [0.4, 0.5) is 5.82 Å². The van der Waals surface area contributed by atoms with Gasteiger partial charge in [-0.05, 0) is 48.2 Å². The fourth-order valence-corrected chi connectivity index (χ4v) is 4.32. The van der Waals surface area contributed by atoms with Crippen LogP contribution in [0.3, 0.4) is 0 Å². The average molecular weight is 404 g/mol. The Morgan fingerprint density at radius 1 is 1.03 bits per heavy atom. The molecule has 0 saturated heterocycles. The van der Waals surface area contributed by atoms with E-state index >= 15 is 0 Å². The fourth-order valence-electron chi connectivity index (χ4n) is 4.15. The second-order valence-electron chi connectivity index (χ2n) is 7.31. The van der Waals surface area contributed by atoms with E-state index in [2.05, 4.69) is 47.8 Å². The van der Waals surface area contributed by atoms with Crippen molar-refractivity contribution in [3.05, 3.63) is 71.2 Å². The monoisotopic (exact) mass is 403 g/mol. The largest absolute Gasteiger partial charge is 0.494 e. The van der Waals surface area contributed by atoms with E-state index in [0.29, 0.717) is 5.02 Å². The quantitative estimate of drug-likeness (QED) is 0.449. The van der Waals surface area contributed by atoms with E-state index in [1.54, 1.807) is 7.11 Å². The van der Waals surface area contributed by atoms with Crippen LogP contribution in [0.15, 0.2) is 60.7 Å². The van der Waals surface area contributed by atoms with Crippen LogP contribution in [0.5, 0.6) is 5.75 Å². The predicted octanol–water partition coefficient (Wildman–Crippen LogP) is 6.10. The number of methoxy groups -OCH3 is 1. The Kier molecular flexibility index (Phi) is 4.64. The number of nitrogens with one attached hydrogen (secondary N) is 1. The molecule has 0 amide bonds. The van der Waals surface area contributed by atoms with Crippen LogP contribution in [0.1, 0.15) is 18.4 Å². The first-order valence-corrected chi connectivity index (χ1v) is 10.3. The van der Waals surface area contributed by atoms with Gasteiger partial charge in [-0.25, -0.2) is 4.68 Å². The number of hydrogen-bond acceptors (Lipinski definition) is 3. The number of aromatic nitrogens is 2. The molecule has 146 valence electrons. The van der Waals surface area contributed by atoms with E-state index in [1.165, 1.54) is 16.3 Å². The lowest BCUT2D eigenvalue weighted by Gasteiger charge is -2.13. The van der Waals surface area contributed by atoms with E-state index in [9.17, 15) is 0 Å². The second kappa shape index (κ2) is 7.45. The minimum absolute atomic E-state index is 0.658. The Balaban J connectivity index is 1.79. The van der Waals surface area contributed by atoms with Crippen LogP contribution in [0.25, 0.3) is 27.7 Å². The van der Waals surface area contributed by atoms with Crippen molar-refractivity contribution >= 4 is 28.2 Å². The molecule has 0 bridgehead atoms. The fraction of sp³-hybridized carbons (Fsp3) is 0.208. The number of ether oxygens (including phenoxy) is 1. The first-order chi connectivity index (χ1) is 14.3. The lowest BCUT2D eigenvalue weighted by molar-refractivity contribution is 0.412. The standard InChI is InChI=1S/C24H22ClN3O/c1-29-22-13-12-17(25)15-21(22)28-24-20(10-4-5-14-26-24)23(27-28)19-11-6-8-16-7-2-3-9-18(16)19/h2-3,6-9,11-13,15,26H,4-5,10,14H2,1H3. The van der Waals surface area contributed by atoms with Gasteiger partial charge in [0.05, 0.1) is 12.8 Å². The Hall–Kier alpha value is -2.98. The van der Waals surface area contributed by atoms with Crippen LogP contribution in [0, 0.1) is 0 Å². The molecule has 0 saturated carbocycles. The van der Waals surface area contributed by atoms with Gasteiger partial charge in [0.2, 0.25) is 0 Å². The number of nitrogens with zero attached hydrogens (tertiary/aromatic N) is 2. The molecule has 0 unspecified atom stereocenters. The highest BCUT2D eigenvalue weighted by Gasteiger charge is 2.24. The molecule has 1 aliphatic rings. The van der Waals surface area contributed by atoms with Crippen LogP contribution >= 0.6 is 11.6 Å². The third-order valence-corrected chi connectivity index (χ3v) is 5.78. The average Bonchev–Trinajstić information content (AvgIpc) is 2.93. The molecule has 0 radical (unpaired) electrons. The second-order valence-corrected chi connectivity index (χ2v) is 7.75. The summed E-state index contributed by atoms with van der Waals surface area (Å²) in [5, 5.41) is 11.8. The Bertz CT molecular complexity index is 1190. The maximum absolute atomic E-state index is 6.32. The number of anilines is 1. The highest BCUT2D eigenvalue weighted by atomic mass is 35.5. The van der Waals surface area contributed by atoms with Gasteiger partial charge in [-0.1, -0.05) is 54.1 Å². The van der Waals surface area contributed by atoms with Crippen LogP contribution in [-0.4, -0.2) is 23.4 Å². The zero-order chi connectivity index (χ0) is 19.8. The maximum atomic E-state index is 6.32. The molecule has 0 fully saturated rings. The SMILES string of the molecule is COc1ccc(Cl)cc1-n1nc(-c2cccc3ccccc23)c2c1NCCCC2.